The molecule has 0 spiro atoms. The van der Waals surface area contributed by atoms with E-state index in [9.17, 15) is 14.4 Å². The Morgan fingerprint density at radius 3 is 2.35 bits per heavy atom. The van der Waals surface area contributed by atoms with Crippen LogP contribution >= 0.6 is 0 Å². The molecule has 1 atom stereocenters. The van der Waals surface area contributed by atoms with E-state index in [0.29, 0.717) is 16.6 Å². The van der Waals surface area contributed by atoms with Gasteiger partial charge in [-0.05, 0) is 63.2 Å². The van der Waals surface area contributed by atoms with Gasteiger partial charge in [0, 0.05) is 5.39 Å². The van der Waals surface area contributed by atoms with Crippen LogP contribution in [-0.4, -0.2) is 50.8 Å². The van der Waals surface area contributed by atoms with E-state index in [0.717, 1.165) is 16.7 Å². The van der Waals surface area contributed by atoms with Crippen LogP contribution in [0.1, 0.15) is 41.5 Å². The maximum Gasteiger partial charge on any atom is 0.342 e. The Bertz CT molecular complexity index is 1590. The van der Waals surface area contributed by atoms with Crippen LogP contribution in [0.15, 0.2) is 66.9 Å². The number of esters is 1. The molecule has 1 N–H and O–H groups in total. The summed E-state index contributed by atoms with van der Waals surface area (Å²) >= 11 is 0. The van der Waals surface area contributed by atoms with Crippen molar-refractivity contribution in [1.82, 2.24) is 14.7 Å². The number of carbonyl (C=O) groups is 3. The Kier molecular flexibility index (Phi) is 6.99. The van der Waals surface area contributed by atoms with Gasteiger partial charge in [0.05, 0.1) is 29.8 Å². The molecule has 1 aliphatic heterocycles. The Morgan fingerprint density at radius 2 is 1.73 bits per heavy atom. The van der Waals surface area contributed by atoms with Crippen molar-refractivity contribution < 1.29 is 33.4 Å². The van der Waals surface area contributed by atoms with Gasteiger partial charge in [-0.1, -0.05) is 12.1 Å². The third-order valence-electron chi connectivity index (χ3n) is 6.25. The van der Waals surface area contributed by atoms with E-state index in [1.807, 2.05) is 47.9 Å². The van der Waals surface area contributed by atoms with Crippen molar-refractivity contribution in [1.29, 1.82) is 0 Å². The molecule has 2 aromatic heterocycles. The number of hydrogen-bond donors (Lipinski definition) is 1. The van der Waals surface area contributed by atoms with Gasteiger partial charge >= 0.3 is 5.97 Å². The smallest absolute Gasteiger partial charge is 0.342 e. The van der Waals surface area contributed by atoms with E-state index in [-0.39, 0.29) is 17.7 Å². The first kappa shape index (κ1) is 26.8. The summed E-state index contributed by atoms with van der Waals surface area (Å²) in [6, 6.07) is 17.4. The van der Waals surface area contributed by atoms with Crippen LogP contribution in [0.4, 0.5) is 11.6 Å². The summed E-state index contributed by atoms with van der Waals surface area (Å²) in [7, 11) is 3.88. The fourth-order valence-corrected chi connectivity index (χ4v) is 4.14. The lowest BCUT2D eigenvalue weighted by atomic mass is 10.1. The molecular formula is C29H30N5O6+. The number of amides is 2. The van der Waals surface area contributed by atoms with Crippen molar-refractivity contribution in [3.63, 3.8) is 0 Å². The van der Waals surface area contributed by atoms with Crippen LogP contribution in [0.25, 0.3) is 10.9 Å². The zero-order chi connectivity index (χ0) is 28.6. The summed E-state index contributed by atoms with van der Waals surface area (Å²) in [6.45, 7) is 4.83. The topological polar surface area (TPSA) is 116 Å². The van der Waals surface area contributed by atoms with Gasteiger partial charge < -0.3 is 14.8 Å². The lowest BCUT2D eigenvalue weighted by Gasteiger charge is -2.26. The first-order chi connectivity index (χ1) is 19.0. The minimum atomic E-state index is -1.38. The zero-order valence-electron chi connectivity index (χ0n) is 22.9. The summed E-state index contributed by atoms with van der Waals surface area (Å²) in [5.74, 6) is -0.0537. The molecule has 0 saturated heterocycles. The highest BCUT2D eigenvalue weighted by Crippen LogP contribution is 2.26. The first-order valence-electron chi connectivity index (χ1n) is 12.7. The SMILES string of the molecule is Cn1c(Nc2ccc3cc(OCC(ON4C(=O)c5ccccc5C4=O)C(=O)OC(C)(C)C)ccc3n2)cc[n+]1C. The lowest BCUT2D eigenvalue weighted by molar-refractivity contribution is -0.750. The number of pyridine rings is 1. The summed E-state index contributed by atoms with van der Waals surface area (Å²) in [5.41, 5.74) is 0.320. The number of fused-ring (bicyclic) bond motifs is 2. The van der Waals surface area contributed by atoms with Crippen molar-refractivity contribution in [3.05, 3.63) is 78.0 Å². The zero-order valence-corrected chi connectivity index (χ0v) is 22.9. The molecule has 5 rings (SSSR count). The van der Waals surface area contributed by atoms with Crippen molar-refractivity contribution in [2.45, 2.75) is 32.5 Å². The number of benzene rings is 2. The van der Waals surface area contributed by atoms with E-state index < -0.39 is 29.5 Å². The fourth-order valence-electron chi connectivity index (χ4n) is 4.14. The molecule has 0 bridgehead atoms. The minimum Gasteiger partial charge on any atom is -0.490 e. The van der Waals surface area contributed by atoms with Crippen LogP contribution in [0.5, 0.6) is 5.75 Å². The molecule has 4 aromatic rings. The van der Waals surface area contributed by atoms with E-state index in [1.54, 1.807) is 51.1 Å². The predicted octanol–water partition coefficient (Wildman–Crippen LogP) is 3.46. The van der Waals surface area contributed by atoms with Crippen molar-refractivity contribution in [3.8, 4) is 5.75 Å². The van der Waals surface area contributed by atoms with E-state index in [2.05, 4.69) is 10.3 Å². The molecule has 3 heterocycles. The highest BCUT2D eigenvalue weighted by Gasteiger charge is 2.40. The van der Waals surface area contributed by atoms with Gasteiger partial charge in [-0.25, -0.2) is 14.6 Å². The van der Waals surface area contributed by atoms with Crippen LogP contribution < -0.4 is 14.7 Å². The maximum absolute atomic E-state index is 13.0. The second kappa shape index (κ2) is 10.4. The summed E-state index contributed by atoms with van der Waals surface area (Å²) < 4.78 is 15.3. The van der Waals surface area contributed by atoms with Gasteiger partial charge in [0.15, 0.2) is 19.1 Å². The standard InChI is InChI=1S/C29H29N5O6/c1-29(2,3)39-28(37)23(40-34-26(35)20-8-6-7-9-21(20)27(34)36)17-38-19-11-12-22-18(16-19)10-13-24(30-22)31-25-14-15-32(4)33(25)5/h6-16,23H,17H2,1-5H3/p+1. The van der Waals surface area contributed by atoms with Crippen LogP contribution in [0.3, 0.4) is 0 Å². The molecular weight excluding hydrogens is 514 g/mol. The van der Waals surface area contributed by atoms with Gasteiger partial charge in [0.1, 0.15) is 23.8 Å². The molecule has 0 aliphatic carbocycles. The number of nitrogens with one attached hydrogen (secondary N) is 1. The van der Waals surface area contributed by atoms with Gasteiger partial charge in [0.2, 0.25) is 6.10 Å². The van der Waals surface area contributed by atoms with Gasteiger partial charge in [-0.15, -0.1) is 14.4 Å². The molecule has 206 valence electrons. The monoisotopic (exact) mass is 544 g/mol. The Balaban J connectivity index is 1.32. The van der Waals surface area contributed by atoms with Crippen molar-refractivity contribution in [2.24, 2.45) is 14.1 Å². The molecule has 0 fully saturated rings. The lowest BCUT2D eigenvalue weighted by Crippen LogP contribution is -2.43. The van der Waals surface area contributed by atoms with Crippen LogP contribution in [0.2, 0.25) is 0 Å². The third kappa shape index (κ3) is 5.50. The molecule has 1 aliphatic rings. The van der Waals surface area contributed by atoms with Crippen molar-refractivity contribution >= 4 is 40.3 Å². The molecule has 11 heteroatoms. The molecule has 11 nitrogen and oxygen atoms in total. The number of hydrogen-bond acceptors (Lipinski definition) is 8. The summed E-state index contributed by atoms with van der Waals surface area (Å²) in [4.78, 5) is 48.9. The number of anilines is 2. The van der Waals surface area contributed by atoms with Crippen molar-refractivity contribution in [2.75, 3.05) is 11.9 Å². The van der Waals surface area contributed by atoms with Gasteiger partial charge in [-0.3, -0.25) is 9.59 Å². The molecule has 0 radical (unpaired) electrons. The number of ether oxygens (including phenoxy) is 2. The first-order valence-corrected chi connectivity index (χ1v) is 12.7. The number of nitrogens with zero attached hydrogens (tertiary/aromatic N) is 4. The average Bonchev–Trinajstić information content (AvgIpc) is 3.35. The Labute approximate surface area is 230 Å². The molecule has 40 heavy (non-hydrogen) atoms. The second-order valence-electron chi connectivity index (χ2n) is 10.4. The number of rotatable bonds is 8. The Morgan fingerprint density at radius 1 is 1.02 bits per heavy atom. The molecule has 0 saturated carbocycles. The number of carbonyl (C=O) groups excluding carboxylic acids is 3. The molecule has 2 amide bonds. The number of hydroxylamine groups is 2. The number of aryl methyl sites for hydroxylation is 1. The molecule has 1 unspecified atom stereocenters. The van der Waals surface area contributed by atoms with E-state index in [4.69, 9.17) is 14.3 Å². The van der Waals surface area contributed by atoms with Gasteiger partial charge in [0.25, 0.3) is 11.8 Å². The highest BCUT2D eigenvalue weighted by atomic mass is 16.7. The summed E-state index contributed by atoms with van der Waals surface area (Å²) in [6.07, 6.45) is 0.559. The number of aromatic nitrogens is 3. The average molecular weight is 545 g/mol. The minimum absolute atomic E-state index is 0.202. The fraction of sp³-hybridized carbons (Fsp3) is 0.276. The van der Waals surface area contributed by atoms with Gasteiger partial charge in [-0.2, -0.15) is 0 Å². The van der Waals surface area contributed by atoms with Crippen LogP contribution in [0, 0.1) is 0 Å². The Hall–Kier alpha value is -4.77. The maximum atomic E-state index is 13.0. The van der Waals surface area contributed by atoms with E-state index >= 15 is 0 Å². The van der Waals surface area contributed by atoms with Crippen LogP contribution in [-0.2, 0) is 28.5 Å². The summed E-state index contributed by atoms with van der Waals surface area (Å²) in [5, 5.41) is 4.70. The predicted molar refractivity (Wildman–Crippen MR) is 145 cm³/mol. The molecule has 2 aromatic carbocycles. The second-order valence-corrected chi connectivity index (χ2v) is 10.4. The largest absolute Gasteiger partial charge is 0.490 e. The quantitative estimate of drug-likeness (QED) is 0.204. The number of imide groups is 1. The third-order valence-corrected chi connectivity index (χ3v) is 6.25. The van der Waals surface area contributed by atoms with E-state index in [1.165, 1.54) is 12.1 Å². The normalized spacial score (nSPS) is 13.9. The highest BCUT2D eigenvalue weighted by molar-refractivity contribution is 6.20.